The van der Waals surface area contributed by atoms with Gasteiger partial charge in [0.1, 0.15) is 5.82 Å². The SMILES string of the molecule is Cc1nsc(N2CCCC2CC(C)Br)n1. The maximum Gasteiger partial charge on any atom is 0.205 e. The van der Waals surface area contributed by atoms with E-state index in [0.29, 0.717) is 10.9 Å². The molecule has 1 aromatic heterocycles. The average Bonchev–Trinajstić information content (AvgIpc) is 2.72. The van der Waals surface area contributed by atoms with Gasteiger partial charge in [-0.05, 0) is 26.2 Å². The van der Waals surface area contributed by atoms with E-state index in [9.17, 15) is 0 Å². The van der Waals surface area contributed by atoms with Crippen LogP contribution in [-0.2, 0) is 0 Å². The number of halogens is 1. The van der Waals surface area contributed by atoms with Crippen molar-refractivity contribution in [3.8, 4) is 0 Å². The highest BCUT2D eigenvalue weighted by Crippen LogP contribution is 2.30. The van der Waals surface area contributed by atoms with Crippen LogP contribution in [0.1, 0.15) is 32.0 Å². The standard InChI is InChI=1S/C10H16BrN3S/c1-7(11)6-9-4-3-5-14(9)10-12-8(2)13-15-10/h7,9H,3-6H2,1-2H3. The second-order valence-corrected chi connectivity index (χ2v) is 6.42. The molecule has 1 fully saturated rings. The van der Waals surface area contributed by atoms with Gasteiger partial charge in [0.05, 0.1) is 0 Å². The number of anilines is 1. The van der Waals surface area contributed by atoms with E-state index in [2.05, 4.69) is 37.1 Å². The molecule has 1 aliphatic heterocycles. The third-order valence-electron chi connectivity index (χ3n) is 2.74. The highest BCUT2D eigenvalue weighted by Gasteiger charge is 2.27. The topological polar surface area (TPSA) is 29.0 Å². The van der Waals surface area contributed by atoms with E-state index in [1.54, 1.807) is 0 Å². The van der Waals surface area contributed by atoms with Gasteiger partial charge < -0.3 is 4.90 Å². The third kappa shape index (κ3) is 2.69. The lowest BCUT2D eigenvalue weighted by atomic mass is 10.1. The van der Waals surface area contributed by atoms with Gasteiger partial charge in [0, 0.05) is 28.9 Å². The van der Waals surface area contributed by atoms with Crippen molar-refractivity contribution < 1.29 is 0 Å². The minimum Gasteiger partial charge on any atom is -0.344 e. The zero-order valence-electron chi connectivity index (χ0n) is 9.11. The molecule has 1 saturated heterocycles. The molecule has 0 N–H and O–H groups in total. The molecule has 5 heteroatoms. The predicted molar refractivity (Wildman–Crippen MR) is 68.0 cm³/mol. The average molecular weight is 290 g/mol. The first kappa shape index (κ1) is 11.3. The van der Waals surface area contributed by atoms with Gasteiger partial charge in [0.15, 0.2) is 0 Å². The minimum atomic E-state index is 0.581. The Labute approximate surface area is 103 Å². The van der Waals surface area contributed by atoms with E-state index in [0.717, 1.165) is 17.5 Å². The first-order valence-electron chi connectivity index (χ1n) is 5.38. The molecule has 0 aromatic carbocycles. The molecule has 2 rings (SSSR count). The highest BCUT2D eigenvalue weighted by atomic mass is 79.9. The van der Waals surface area contributed by atoms with Crippen molar-refractivity contribution in [3.63, 3.8) is 0 Å². The van der Waals surface area contributed by atoms with Gasteiger partial charge in [0.25, 0.3) is 0 Å². The minimum absolute atomic E-state index is 0.581. The second-order valence-electron chi connectivity index (χ2n) is 4.13. The Balaban J connectivity index is 2.07. The number of aromatic nitrogens is 2. The Morgan fingerprint density at radius 1 is 1.67 bits per heavy atom. The van der Waals surface area contributed by atoms with Gasteiger partial charge in [-0.2, -0.15) is 4.37 Å². The van der Waals surface area contributed by atoms with Gasteiger partial charge in [-0.25, -0.2) is 4.98 Å². The summed E-state index contributed by atoms with van der Waals surface area (Å²) in [6.07, 6.45) is 3.76. The van der Waals surface area contributed by atoms with Crippen LogP contribution < -0.4 is 4.90 Å². The Morgan fingerprint density at radius 2 is 2.47 bits per heavy atom. The Kier molecular flexibility index (Phi) is 3.61. The summed E-state index contributed by atoms with van der Waals surface area (Å²) in [6, 6.07) is 0.645. The van der Waals surface area contributed by atoms with E-state index in [1.165, 1.54) is 30.8 Å². The summed E-state index contributed by atoms with van der Waals surface area (Å²) < 4.78 is 4.25. The fourth-order valence-electron chi connectivity index (χ4n) is 2.11. The van der Waals surface area contributed by atoms with Gasteiger partial charge in [-0.15, -0.1) is 0 Å². The van der Waals surface area contributed by atoms with Gasteiger partial charge in [-0.3, -0.25) is 0 Å². The largest absolute Gasteiger partial charge is 0.344 e. The molecule has 84 valence electrons. The smallest absolute Gasteiger partial charge is 0.205 e. The summed E-state index contributed by atoms with van der Waals surface area (Å²) in [4.78, 5) is 7.47. The van der Waals surface area contributed by atoms with Gasteiger partial charge in [0.2, 0.25) is 5.13 Å². The zero-order valence-corrected chi connectivity index (χ0v) is 11.5. The van der Waals surface area contributed by atoms with Crippen molar-refractivity contribution in [3.05, 3.63) is 5.82 Å². The molecule has 0 spiro atoms. The number of hydrogen-bond donors (Lipinski definition) is 0. The van der Waals surface area contributed by atoms with E-state index in [1.807, 2.05) is 6.92 Å². The molecule has 1 aromatic rings. The Bertz CT molecular complexity index is 326. The monoisotopic (exact) mass is 289 g/mol. The molecule has 0 bridgehead atoms. The molecule has 2 atom stereocenters. The van der Waals surface area contributed by atoms with Crippen LogP contribution in [0.25, 0.3) is 0 Å². The highest BCUT2D eigenvalue weighted by molar-refractivity contribution is 9.09. The first-order valence-corrected chi connectivity index (χ1v) is 7.06. The molecule has 0 aliphatic carbocycles. The van der Waals surface area contributed by atoms with Crippen LogP contribution in [0.3, 0.4) is 0 Å². The van der Waals surface area contributed by atoms with Crippen molar-refractivity contribution in [1.82, 2.24) is 9.36 Å². The van der Waals surface area contributed by atoms with Crippen molar-refractivity contribution in [2.24, 2.45) is 0 Å². The summed E-state index contributed by atoms with van der Waals surface area (Å²) in [5, 5.41) is 1.10. The lowest BCUT2D eigenvalue weighted by molar-refractivity contribution is 0.611. The predicted octanol–water partition coefficient (Wildman–Crippen LogP) is 2.99. The zero-order chi connectivity index (χ0) is 10.8. The number of rotatable bonds is 3. The number of hydrogen-bond acceptors (Lipinski definition) is 4. The first-order chi connectivity index (χ1) is 7.16. The van der Waals surface area contributed by atoms with Crippen LogP contribution in [0.15, 0.2) is 0 Å². The van der Waals surface area contributed by atoms with E-state index in [-0.39, 0.29) is 0 Å². The molecule has 0 radical (unpaired) electrons. The van der Waals surface area contributed by atoms with Crippen molar-refractivity contribution in [2.75, 3.05) is 11.4 Å². The summed E-state index contributed by atoms with van der Waals surface area (Å²) in [5.74, 6) is 0.896. The van der Waals surface area contributed by atoms with E-state index in [4.69, 9.17) is 0 Å². The van der Waals surface area contributed by atoms with Crippen LogP contribution in [-0.4, -0.2) is 26.8 Å². The summed E-state index contributed by atoms with van der Waals surface area (Å²) in [7, 11) is 0. The molecule has 0 saturated carbocycles. The van der Waals surface area contributed by atoms with Crippen molar-refractivity contribution in [2.45, 2.75) is 44.0 Å². The number of nitrogens with zero attached hydrogens (tertiary/aromatic N) is 3. The van der Waals surface area contributed by atoms with Gasteiger partial charge in [-0.1, -0.05) is 22.9 Å². The van der Waals surface area contributed by atoms with Crippen molar-refractivity contribution >= 4 is 32.6 Å². The molecule has 15 heavy (non-hydrogen) atoms. The Hall–Kier alpha value is -0.160. The number of aryl methyl sites for hydroxylation is 1. The molecular weight excluding hydrogens is 274 g/mol. The van der Waals surface area contributed by atoms with Gasteiger partial charge >= 0.3 is 0 Å². The summed E-state index contributed by atoms with van der Waals surface area (Å²) in [6.45, 7) is 5.30. The fraction of sp³-hybridized carbons (Fsp3) is 0.800. The van der Waals surface area contributed by atoms with Crippen molar-refractivity contribution in [1.29, 1.82) is 0 Å². The molecule has 1 aliphatic rings. The quantitative estimate of drug-likeness (QED) is 0.801. The lowest BCUT2D eigenvalue weighted by Gasteiger charge is -2.24. The molecule has 3 nitrogen and oxygen atoms in total. The number of alkyl halides is 1. The maximum atomic E-state index is 4.47. The van der Waals surface area contributed by atoms with E-state index < -0.39 is 0 Å². The summed E-state index contributed by atoms with van der Waals surface area (Å²) in [5.41, 5.74) is 0. The van der Waals surface area contributed by atoms with Crippen LogP contribution in [0.5, 0.6) is 0 Å². The second kappa shape index (κ2) is 4.78. The van der Waals surface area contributed by atoms with Crippen LogP contribution in [0.4, 0.5) is 5.13 Å². The Morgan fingerprint density at radius 3 is 3.07 bits per heavy atom. The van der Waals surface area contributed by atoms with E-state index >= 15 is 0 Å². The van der Waals surface area contributed by atoms with Crippen LogP contribution in [0.2, 0.25) is 0 Å². The fourth-order valence-corrected chi connectivity index (χ4v) is 3.31. The normalized spacial score (nSPS) is 23.4. The third-order valence-corrected chi connectivity index (χ3v) is 3.95. The molecule has 2 unspecified atom stereocenters. The molecule has 0 amide bonds. The summed E-state index contributed by atoms with van der Waals surface area (Å²) >= 11 is 5.16. The lowest BCUT2D eigenvalue weighted by Crippen LogP contribution is -2.30. The molecular formula is C10H16BrN3S. The van der Waals surface area contributed by atoms with Crippen LogP contribution in [0, 0.1) is 6.92 Å². The van der Waals surface area contributed by atoms with Crippen LogP contribution >= 0.6 is 27.5 Å². The maximum absolute atomic E-state index is 4.47. The molecule has 2 heterocycles.